The molecule has 0 amide bonds. The van der Waals surface area contributed by atoms with Gasteiger partial charge in [0.2, 0.25) is 0 Å². The van der Waals surface area contributed by atoms with Crippen LogP contribution < -0.4 is 4.74 Å². The molecule has 1 aromatic carbocycles. The Kier molecular flexibility index (Phi) is 3.26. The van der Waals surface area contributed by atoms with Crippen LogP contribution in [-0.2, 0) is 6.42 Å². The summed E-state index contributed by atoms with van der Waals surface area (Å²) in [5.74, 6) is -1.85. The zero-order valence-corrected chi connectivity index (χ0v) is 8.03. The van der Waals surface area contributed by atoms with E-state index in [0.29, 0.717) is 0 Å². The van der Waals surface area contributed by atoms with E-state index in [4.69, 9.17) is 16.9 Å². The van der Waals surface area contributed by atoms with Gasteiger partial charge in [0.15, 0.2) is 5.82 Å². The number of nitriles is 1. The predicted molar refractivity (Wildman–Crippen MR) is 47.2 cm³/mol. The van der Waals surface area contributed by atoms with Crippen LogP contribution in [0.15, 0.2) is 6.07 Å². The third-order valence-corrected chi connectivity index (χ3v) is 2.05. The summed E-state index contributed by atoms with van der Waals surface area (Å²) in [5.41, 5.74) is -0.335. The lowest BCUT2D eigenvalue weighted by Crippen LogP contribution is -1.98. The van der Waals surface area contributed by atoms with Crippen LogP contribution in [0.4, 0.5) is 8.78 Å². The van der Waals surface area contributed by atoms with Gasteiger partial charge in [-0.15, -0.1) is 0 Å². The molecular formula is C9H6ClF2NO. The first-order chi connectivity index (χ1) is 6.61. The van der Waals surface area contributed by atoms with Crippen molar-refractivity contribution < 1.29 is 13.5 Å². The molecular weight excluding hydrogens is 212 g/mol. The molecule has 0 aliphatic heterocycles. The summed E-state index contributed by atoms with van der Waals surface area (Å²) in [6, 6.07) is 2.61. The van der Waals surface area contributed by atoms with E-state index in [-0.39, 0.29) is 22.8 Å². The number of halogens is 3. The topological polar surface area (TPSA) is 33.0 Å². The molecule has 0 radical (unpaired) electrons. The molecule has 0 aromatic heterocycles. The monoisotopic (exact) mass is 217 g/mol. The highest BCUT2D eigenvalue weighted by Crippen LogP contribution is 2.31. The van der Waals surface area contributed by atoms with Crippen molar-refractivity contribution in [3.63, 3.8) is 0 Å². The Bertz CT molecular complexity index is 401. The molecule has 0 bridgehead atoms. The highest BCUT2D eigenvalue weighted by molar-refractivity contribution is 6.32. The van der Waals surface area contributed by atoms with Crippen LogP contribution in [-0.4, -0.2) is 7.11 Å². The Morgan fingerprint density at radius 1 is 1.57 bits per heavy atom. The van der Waals surface area contributed by atoms with E-state index >= 15 is 0 Å². The fourth-order valence-corrected chi connectivity index (χ4v) is 1.25. The smallest absolute Gasteiger partial charge is 0.152 e. The van der Waals surface area contributed by atoms with Gasteiger partial charge in [0.1, 0.15) is 16.6 Å². The lowest BCUT2D eigenvalue weighted by atomic mass is 10.1. The van der Waals surface area contributed by atoms with Gasteiger partial charge in [-0.05, 0) is 0 Å². The highest BCUT2D eigenvalue weighted by Gasteiger charge is 2.17. The number of methoxy groups -OCH3 is 1. The van der Waals surface area contributed by atoms with Crippen LogP contribution in [0.1, 0.15) is 5.56 Å². The maximum absolute atomic E-state index is 13.3. The number of ether oxygens (including phenoxy) is 1. The van der Waals surface area contributed by atoms with E-state index in [1.807, 2.05) is 0 Å². The minimum Gasteiger partial charge on any atom is -0.495 e. The molecule has 0 heterocycles. The normalized spacial score (nSPS) is 9.64. The van der Waals surface area contributed by atoms with E-state index in [9.17, 15) is 8.78 Å². The van der Waals surface area contributed by atoms with Gasteiger partial charge in [-0.2, -0.15) is 5.26 Å². The van der Waals surface area contributed by atoms with E-state index in [1.54, 1.807) is 6.07 Å². The highest BCUT2D eigenvalue weighted by atomic mass is 35.5. The average molecular weight is 218 g/mol. The Labute approximate surface area is 84.7 Å². The molecule has 2 nitrogen and oxygen atoms in total. The van der Waals surface area contributed by atoms with Crippen LogP contribution in [0.25, 0.3) is 0 Å². The number of benzene rings is 1. The van der Waals surface area contributed by atoms with Crippen LogP contribution in [0.3, 0.4) is 0 Å². The van der Waals surface area contributed by atoms with Crippen molar-refractivity contribution >= 4 is 11.6 Å². The molecule has 0 unspecified atom stereocenters. The first kappa shape index (κ1) is 10.7. The largest absolute Gasteiger partial charge is 0.495 e. The van der Waals surface area contributed by atoms with Gasteiger partial charge in [-0.25, -0.2) is 8.78 Å². The summed E-state index contributed by atoms with van der Waals surface area (Å²) < 4.78 is 31.1. The molecule has 0 saturated heterocycles. The van der Waals surface area contributed by atoms with Crippen molar-refractivity contribution in [3.05, 3.63) is 28.3 Å². The van der Waals surface area contributed by atoms with Gasteiger partial charge in [-0.1, -0.05) is 11.6 Å². The summed E-state index contributed by atoms with van der Waals surface area (Å²) in [4.78, 5) is 0. The minimum atomic E-state index is -0.940. The molecule has 0 spiro atoms. The van der Waals surface area contributed by atoms with Gasteiger partial charge in [0, 0.05) is 11.6 Å². The zero-order chi connectivity index (χ0) is 10.7. The Hall–Kier alpha value is -1.34. The van der Waals surface area contributed by atoms with Crippen molar-refractivity contribution in [2.75, 3.05) is 7.11 Å². The van der Waals surface area contributed by atoms with Gasteiger partial charge < -0.3 is 4.74 Å². The second kappa shape index (κ2) is 4.25. The summed E-state index contributed by atoms with van der Waals surface area (Å²) >= 11 is 5.53. The van der Waals surface area contributed by atoms with Crippen LogP contribution in [0.5, 0.6) is 5.75 Å². The van der Waals surface area contributed by atoms with E-state index in [1.165, 1.54) is 7.11 Å². The van der Waals surface area contributed by atoms with E-state index < -0.39 is 11.6 Å². The van der Waals surface area contributed by atoms with Crippen LogP contribution in [0.2, 0.25) is 5.02 Å². The first-order valence-corrected chi connectivity index (χ1v) is 4.07. The maximum atomic E-state index is 13.3. The second-order valence-corrected chi connectivity index (χ2v) is 2.88. The van der Waals surface area contributed by atoms with E-state index in [2.05, 4.69) is 4.74 Å². The van der Waals surface area contributed by atoms with Crippen molar-refractivity contribution in [1.82, 2.24) is 0 Å². The third kappa shape index (κ3) is 1.78. The summed E-state index contributed by atoms with van der Waals surface area (Å²) in [7, 11) is 1.25. The Morgan fingerprint density at radius 3 is 2.71 bits per heavy atom. The second-order valence-electron chi connectivity index (χ2n) is 2.50. The molecule has 14 heavy (non-hydrogen) atoms. The van der Waals surface area contributed by atoms with Gasteiger partial charge in [-0.3, -0.25) is 0 Å². The quantitative estimate of drug-likeness (QED) is 0.714. The molecule has 0 N–H and O–H groups in total. The number of hydrogen-bond donors (Lipinski definition) is 0. The average Bonchev–Trinajstić information content (AvgIpc) is 2.18. The lowest BCUT2D eigenvalue weighted by molar-refractivity contribution is 0.406. The maximum Gasteiger partial charge on any atom is 0.152 e. The van der Waals surface area contributed by atoms with Crippen LogP contribution in [0, 0.1) is 23.0 Å². The fraction of sp³-hybridized carbons (Fsp3) is 0.222. The molecule has 0 aliphatic rings. The fourth-order valence-electron chi connectivity index (χ4n) is 1.00. The Balaban J connectivity index is 3.35. The van der Waals surface area contributed by atoms with Gasteiger partial charge in [0.05, 0.1) is 19.6 Å². The molecule has 0 fully saturated rings. The van der Waals surface area contributed by atoms with Crippen molar-refractivity contribution in [1.29, 1.82) is 5.26 Å². The van der Waals surface area contributed by atoms with Crippen molar-refractivity contribution in [2.45, 2.75) is 6.42 Å². The SMILES string of the molecule is COc1cc(F)c(CC#N)c(F)c1Cl. The summed E-state index contributed by atoms with van der Waals surface area (Å²) in [6.45, 7) is 0. The van der Waals surface area contributed by atoms with Crippen LogP contribution >= 0.6 is 11.6 Å². The first-order valence-electron chi connectivity index (χ1n) is 3.69. The van der Waals surface area contributed by atoms with Crippen molar-refractivity contribution in [3.8, 4) is 11.8 Å². The Morgan fingerprint density at radius 2 is 2.21 bits per heavy atom. The number of nitrogens with zero attached hydrogens (tertiary/aromatic N) is 1. The summed E-state index contributed by atoms with van der Waals surface area (Å²) in [5, 5.41) is 8.02. The molecule has 1 aromatic rings. The van der Waals surface area contributed by atoms with Gasteiger partial charge in [0.25, 0.3) is 0 Å². The summed E-state index contributed by atoms with van der Waals surface area (Å²) in [6.07, 6.45) is -0.360. The predicted octanol–water partition coefficient (Wildman–Crippen LogP) is 2.69. The van der Waals surface area contributed by atoms with Crippen molar-refractivity contribution in [2.24, 2.45) is 0 Å². The molecule has 5 heteroatoms. The third-order valence-electron chi connectivity index (χ3n) is 1.70. The van der Waals surface area contributed by atoms with E-state index in [0.717, 1.165) is 6.07 Å². The molecule has 1 rings (SSSR count). The molecule has 74 valence electrons. The standard InChI is InChI=1S/C9H6ClF2NO/c1-14-7-4-6(11)5(2-3-13)9(12)8(7)10/h4H,2H2,1H3. The lowest BCUT2D eigenvalue weighted by Gasteiger charge is -2.07. The zero-order valence-electron chi connectivity index (χ0n) is 7.27. The van der Waals surface area contributed by atoms with Gasteiger partial charge >= 0.3 is 0 Å². The molecule has 0 atom stereocenters. The minimum absolute atomic E-state index is 0.0802. The molecule has 0 saturated carbocycles. The number of rotatable bonds is 2. The molecule has 0 aliphatic carbocycles. The number of hydrogen-bond acceptors (Lipinski definition) is 2.